The Morgan fingerprint density at radius 1 is 1.45 bits per heavy atom. The fourth-order valence-corrected chi connectivity index (χ4v) is 2.44. The summed E-state index contributed by atoms with van der Waals surface area (Å²) in [6.45, 7) is 0.645. The van der Waals surface area contributed by atoms with Gasteiger partial charge in [0.15, 0.2) is 5.82 Å². The van der Waals surface area contributed by atoms with Crippen LogP contribution >= 0.6 is 11.6 Å². The van der Waals surface area contributed by atoms with Gasteiger partial charge >= 0.3 is 0 Å². The van der Waals surface area contributed by atoms with Crippen LogP contribution < -0.4 is 16.2 Å². The highest BCUT2D eigenvalue weighted by atomic mass is 35.5. The first-order valence-electron chi connectivity index (χ1n) is 6.49. The zero-order valence-corrected chi connectivity index (χ0v) is 11.6. The largest absolute Gasteiger partial charge is 0.399 e. The number of benzene rings is 1. The van der Waals surface area contributed by atoms with Gasteiger partial charge in [0.1, 0.15) is 5.02 Å². The number of hydrogen-bond donors (Lipinski definition) is 2. The van der Waals surface area contributed by atoms with E-state index in [1.165, 1.54) is 6.33 Å². The highest BCUT2D eigenvalue weighted by Crippen LogP contribution is 2.34. The lowest BCUT2D eigenvalue weighted by molar-refractivity contribution is 0.774. The average molecular weight is 291 g/mol. The number of rotatable bonds is 4. The number of aromatic nitrogens is 2. The predicted octanol–water partition coefficient (Wildman–Crippen LogP) is 2.17. The summed E-state index contributed by atoms with van der Waals surface area (Å²) >= 11 is 6.08. The quantitative estimate of drug-likeness (QED) is 0.846. The van der Waals surface area contributed by atoms with Crippen LogP contribution in [0.4, 0.5) is 11.5 Å². The first-order valence-corrected chi connectivity index (χ1v) is 6.87. The molecule has 1 fully saturated rings. The molecule has 6 heteroatoms. The van der Waals surface area contributed by atoms with Gasteiger partial charge in [-0.05, 0) is 30.5 Å². The highest BCUT2D eigenvalue weighted by Gasteiger charge is 2.31. The molecule has 2 aromatic rings. The molecule has 0 bridgehead atoms. The van der Waals surface area contributed by atoms with Crippen molar-refractivity contribution in [3.05, 3.63) is 51.5 Å². The van der Waals surface area contributed by atoms with Crippen molar-refractivity contribution in [3.8, 4) is 0 Å². The van der Waals surface area contributed by atoms with E-state index in [4.69, 9.17) is 17.3 Å². The van der Waals surface area contributed by atoms with E-state index in [9.17, 15) is 4.79 Å². The molecule has 3 rings (SSSR count). The Morgan fingerprint density at radius 2 is 2.25 bits per heavy atom. The second-order valence-corrected chi connectivity index (χ2v) is 5.35. The molecule has 1 saturated carbocycles. The van der Waals surface area contributed by atoms with E-state index in [-0.39, 0.29) is 10.6 Å². The van der Waals surface area contributed by atoms with Crippen molar-refractivity contribution in [2.75, 3.05) is 10.6 Å². The Bertz CT molecular complexity index is 681. The molecule has 0 unspecified atom stereocenters. The molecule has 1 heterocycles. The summed E-state index contributed by atoms with van der Waals surface area (Å²) in [5.41, 5.74) is 7.30. The van der Waals surface area contributed by atoms with Crippen LogP contribution in [0.25, 0.3) is 0 Å². The average Bonchev–Trinajstić information content (AvgIpc) is 3.24. The molecule has 5 nitrogen and oxygen atoms in total. The normalized spacial score (nSPS) is 14.2. The van der Waals surface area contributed by atoms with Crippen LogP contribution in [0.15, 0.2) is 35.4 Å². The molecule has 0 amide bonds. The van der Waals surface area contributed by atoms with Crippen molar-refractivity contribution in [2.45, 2.75) is 25.4 Å². The van der Waals surface area contributed by atoms with Gasteiger partial charge in [0.25, 0.3) is 5.56 Å². The molecule has 1 aliphatic rings. The SMILES string of the molecule is Nc1cccc(CN(c2nc[nH]c(=O)c2Cl)C2CC2)c1. The summed E-state index contributed by atoms with van der Waals surface area (Å²) in [6, 6.07) is 8.10. The number of nitrogens with two attached hydrogens (primary N) is 1. The lowest BCUT2D eigenvalue weighted by atomic mass is 10.2. The molecule has 0 saturated heterocycles. The smallest absolute Gasteiger partial charge is 0.271 e. The summed E-state index contributed by atoms with van der Waals surface area (Å²) in [5, 5.41) is 0.142. The van der Waals surface area contributed by atoms with Gasteiger partial charge in [-0.1, -0.05) is 23.7 Å². The number of aromatic amines is 1. The fraction of sp³-hybridized carbons (Fsp3) is 0.286. The van der Waals surface area contributed by atoms with Gasteiger partial charge < -0.3 is 15.6 Å². The molecular formula is C14H15ClN4O. The number of H-pyrrole nitrogens is 1. The Balaban J connectivity index is 1.94. The summed E-state index contributed by atoms with van der Waals surface area (Å²) in [7, 11) is 0. The fourth-order valence-electron chi connectivity index (χ4n) is 2.23. The van der Waals surface area contributed by atoms with Gasteiger partial charge in [0.2, 0.25) is 0 Å². The van der Waals surface area contributed by atoms with Crippen molar-refractivity contribution in [1.29, 1.82) is 0 Å². The Labute approximate surface area is 121 Å². The molecule has 20 heavy (non-hydrogen) atoms. The standard InChI is InChI=1S/C14H15ClN4O/c15-12-13(17-8-18-14(12)20)19(11-4-5-11)7-9-2-1-3-10(16)6-9/h1-3,6,8,11H,4-5,7,16H2,(H,17,18,20). The third-order valence-corrected chi connectivity index (χ3v) is 3.68. The van der Waals surface area contributed by atoms with E-state index in [0.717, 1.165) is 24.1 Å². The number of anilines is 2. The first-order chi connectivity index (χ1) is 9.65. The lowest BCUT2D eigenvalue weighted by Crippen LogP contribution is -2.28. The van der Waals surface area contributed by atoms with Crippen molar-refractivity contribution in [2.24, 2.45) is 0 Å². The van der Waals surface area contributed by atoms with Crippen molar-refractivity contribution >= 4 is 23.1 Å². The van der Waals surface area contributed by atoms with Crippen LogP contribution in [-0.2, 0) is 6.54 Å². The van der Waals surface area contributed by atoms with Crippen LogP contribution in [0.1, 0.15) is 18.4 Å². The summed E-state index contributed by atoms with van der Waals surface area (Å²) < 4.78 is 0. The third-order valence-electron chi connectivity index (χ3n) is 3.34. The van der Waals surface area contributed by atoms with Gasteiger partial charge in [-0.25, -0.2) is 4.98 Å². The van der Waals surface area contributed by atoms with Crippen LogP contribution in [0.5, 0.6) is 0 Å². The van der Waals surface area contributed by atoms with E-state index in [0.29, 0.717) is 18.4 Å². The number of nitrogens with one attached hydrogen (secondary N) is 1. The molecule has 0 spiro atoms. The van der Waals surface area contributed by atoms with Gasteiger partial charge in [-0.15, -0.1) is 0 Å². The van der Waals surface area contributed by atoms with E-state index >= 15 is 0 Å². The van der Waals surface area contributed by atoms with Gasteiger partial charge in [0.05, 0.1) is 6.33 Å². The number of halogens is 1. The summed E-state index contributed by atoms with van der Waals surface area (Å²) in [4.78, 5) is 20.4. The van der Waals surface area contributed by atoms with Crippen molar-refractivity contribution in [3.63, 3.8) is 0 Å². The maximum absolute atomic E-state index is 11.6. The monoisotopic (exact) mass is 290 g/mol. The second-order valence-electron chi connectivity index (χ2n) is 4.97. The van der Waals surface area contributed by atoms with E-state index < -0.39 is 0 Å². The zero-order valence-electron chi connectivity index (χ0n) is 10.8. The first kappa shape index (κ1) is 13.0. The predicted molar refractivity (Wildman–Crippen MR) is 79.9 cm³/mol. The molecule has 1 aromatic heterocycles. The van der Waals surface area contributed by atoms with Crippen LogP contribution in [0.2, 0.25) is 5.02 Å². The highest BCUT2D eigenvalue weighted by molar-refractivity contribution is 6.32. The van der Waals surface area contributed by atoms with Crippen molar-refractivity contribution < 1.29 is 0 Å². The van der Waals surface area contributed by atoms with Crippen LogP contribution in [0.3, 0.4) is 0 Å². The maximum Gasteiger partial charge on any atom is 0.271 e. The molecule has 1 aromatic carbocycles. The van der Waals surface area contributed by atoms with Crippen LogP contribution in [-0.4, -0.2) is 16.0 Å². The van der Waals surface area contributed by atoms with Gasteiger partial charge in [0, 0.05) is 18.3 Å². The molecule has 0 radical (unpaired) electrons. The third kappa shape index (κ3) is 2.63. The summed E-state index contributed by atoms with van der Waals surface area (Å²) in [6.07, 6.45) is 3.57. The zero-order chi connectivity index (χ0) is 14.1. The minimum Gasteiger partial charge on any atom is -0.399 e. The maximum atomic E-state index is 11.6. The topological polar surface area (TPSA) is 75.0 Å². The number of nitrogen functional groups attached to an aromatic ring is 1. The number of nitrogens with zero attached hydrogens (tertiary/aromatic N) is 2. The van der Waals surface area contributed by atoms with E-state index in [1.54, 1.807) is 0 Å². The minimum atomic E-state index is -0.310. The molecule has 104 valence electrons. The molecule has 0 atom stereocenters. The Morgan fingerprint density at radius 3 is 2.95 bits per heavy atom. The van der Waals surface area contributed by atoms with Gasteiger partial charge in [-0.3, -0.25) is 4.79 Å². The Hall–Kier alpha value is -2.01. The van der Waals surface area contributed by atoms with E-state index in [1.807, 2.05) is 24.3 Å². The second kappa shape index (κ2) is 5.17. The van der Waals surface area contributed by atoms with Crippen molar-refractivity contribution in [1.82, 2.24) is 9.97 Å². The molecule has 1 aliphatic carbocycles. The molecular weight excluding hydrogens is 276 g/mol. The van der Waals surface area contributed by atoms with E-state index in [2.05, 4.69) is 14.9 Å². The lowest BCUT2D eigenvalue weighted by Gasteiger charge is -2.24. The van der Waals surface area contributed by atoms with Gasteiger partial charge in [-0.2, -0.15) is 0 Å². The molecule has 0 aliphatic heterocycles. The summed E-state index contributed by atoms with van der Waals surface area (Å²) in [5.74, 6) is 0.542. The molecule has 3 N–H and O–H groups in total. The Kier molecular flexibility index (Phi) is 3.36. The minimum absolute atomic E-state index is 0.142. The van der Waals surface area contributed by atoms with Crippen LogP contribution in [0, 0.1) is 0 Å². The number of hydrogen-bond acceptors (Lipinski definition) is 4.